The van der Waals surface area contributed by atoms with Gasteiger partial charge in [-0.25, -0.2) is 13.9 Å². The van der Waals surface area contributed by atoms with Gasteiger partial charge >= 0.3 is 12.6 Å². The molecular formula is C31H33ClF3N7O5. The second-order valence-corrected chi connectivity index (χ2v) is 12.7. The van der Waals surface area contributed by atoms with Crippen LogP contribution in [0.5, 0.6) is 0 Å². The molecule has 1 saturated heterocycles. The van der Waals surface area contributed by atoms with Gasteiger partial charge in [0.1, 0.15) is 11.4 Å². The van der Waals surface area contributed by atoms with Crippen molar-refractivity contribution in [1.82, 2.24) is 24.9 Å². The van der Waals surface area contributed by atoms with E-state index >= 15 is 4.39 Å². The SMILES string of the molecule is CN(C)C=NC(=O)c1cc([C@@H](CO)N2C(=O)[C@@](CC(C)(C)C)(c3ccc(-c4cnn(C(F)F)c4)cc3F)NC2=NC(=O)O)ccc1Cl. The largest absolute Gasteiger partial charge is 0.463 e. The average molecular weight is 676 g/mol. The first-order valence-electron chi connectivity index (χ1n) is 14.2. The molecule has 3 N–H and O–H groups in total. The summed E-state index contributed by atoms with van der Waals surface area (Å²) in [5, 5.41) is 26.7. The number of aliphatic hydroxyl groups excluding tert-OH is 1. The van der Waals surface area contributed by atoms with Crippen LogP contribution >= 0.6 is 11.6 Å². The van der Waals surface area contributed by atoms with E-state index in [0.29, 0.717) is 4.68 Å². The van der Waals surface area contributed by atoms with Crippen LogP contribution in [-0.4, -0.2) is 80.7 Å². The predicted molar refractivity (Wildman–Crippen MR) is 168 cm³/mol. The molecule has 47 heavy (non-hydrogen) atoms. The number of halogens is 4. The molecule has 0 bridgehead atoms. The second-order valence-electron chi connectivity index (χ2n) is 12.3. The molecule has 16 heteroatoms. The van der Waals surface area contributed by atoms with Gasteiger partial charge in [-0.1, -0.05) is 50.6 Å². The van der Waals surface area contributed by atoms with Crippen molar-refractivity contribution in [3.05, 3.63) is 76.3 Å². The first-order chi connectivity index (χ1) is 22.0. The third-order valence-electron chi connectivity index (χ3n) is 7.19. The van der Waals surface area contributed by atoms with Crippen LogP contribution in [0.3, 0.4) is 0 Å². The second kappa shape index (κ2) is 13.5. The fourth-order valence-corrected chi connectivity index (χ4v) is 5.58. The maximum absolute atomic E-state index is 16.1. The minimum absolute atomic E-state index is 0.0416. The van der Waals surface area contributed by atoms with E-state index in [1.54, 1.807) is 34.9 Å². The predicted octanol–water partition coefficient (Wildman–Crippen LogP) is 5.30. The summed E-state index contributed by atoms with van der Waals surface area (Å²) in [6, 6.07) is 6.63. The Kier molecular flexibility index (Phi) is 10.1. The van der Waals surface area contributed by atoms with Crippen LogP contribution in [0.25, 0.3) is 11.1 Å². The van der Waals surface area contributed by atoms with E-state index in [-0.39, 0.29) is 39.3 Å². The lowest BCUT2D eigenvalue weighted by molar-refractivity contribution is -0.135. The maximum atomic E-state index is 16.1. The van der Waals surface area contributed by atoms with Crippen molar-refractivity contribution in [1.29, 1.82) is 0 Å². The van der Waals surface area contributed by atoms with Gasteiger partial charge in [-0.05, 0) is 41.2 Å². The van der Waals surface area contributed by atoms with Crippen LogP contribution in [0.2, 0.25) is 5.02 Å². The molecule has 1 fully saturated rings. The van der Waals surface area contributed by atoms with Crippen LogP contribution in [0.15, 0.2) is 58.8 Å². The summed E-state index contributed by atoms with van der Waals surface area (Å²) in [5.41, 5.74) is -2.24. The summed E-state index contributed by atoms with van der Waals surface area (Å²) >= 11 is 6.28. The van der Waals surface area contributed by atoms with Gasteiger partial charge in [-0.15, -0.1) is 4.99 Å². The van der Waals surface area contributed by atoms with Gasteiger partial charge < -0.3 is 20.4 Å². The number of hydrogen-bond donors (Lipinski definition) is 3. The van der Waals surface area contributed by atoms with Crippen LogP contribution < -0.4 is 5.32 Å². The van der Waals surface area contributed by atoms with Crippen molar-refractivity contribution in [3.8, 4) is 11.1 Å². The zero-order valence-corrected chi connectivity index (χ0v) is 26.8. The van der Waals surface area contributed by atoms with Gasteiger partial charge in [-0.2, -0.15) is 18.9 Å². The van der Waals surface area contributed by atoms with Gasteiger partial charge in [0, 0.05) is 31.4 Å². The van der Waals surface area contributed by atoms with Gasteiger partial charge in [0.25, 0.3) is 11.8 Å². The molecule has 0 radical (unpaired) electrons. The lowest BCUT2D eigenvalue weighted by Crippen LogP contribution is -2.47. The average Bonchev–Trinajstić information content (AvgIpc) is 3.56. The summed E-state index contributed by atoms with van der Waals surface area (Å²) in [6.45, 7) is 1.71. The highest BCUT2D eigenvalue weighted by atomic mass is 35.5. The molecule has 3 aromatic rings. The monoisotopic (exact) mass is 675 g/mol. The molecule has 12 nitrogen and oxygen atoms in total. The quantitative estimate of drug-likeness (QED) is 0.204. The number of aliphatic hydroxyl groups is 1. The number of nitrogens with one attached hydrogen (secondary N) is 1. The number of carboxylic acid groups (broad SMARTS) is 1. The standard InChI is InChI=1S/C31H33ClF3N7O5/c1-30(2,3)15-31(21-8-6-17(11-23(21)33)19-12-37-41(13-19)27(34)35)26(45)42(28(39-31)38-29(46)47)24(14-43)18-7-9-22(32)20(10-18)25(44)36-16-40(4)5/h6-13,16,24,27,43H,14-15H2,1-5H3,(H,38,39)(H,46,47)/t24-,31-/m1/s1. The molecule has 0 aliphatic carbocycles. The molecule has 0 saturated carbocycles. The highest BCUT2D eigenvalue weighted by Crippen LogP contribution is 2.44. The fraction of sp³-hybridized carbons (Fsp3) is 0.355. The van der Waals surface area contributed by atoms with Gasteiger partial charge in [0.2, 0.25) is 5.96 Å². The van der Waals surface area contributed by atoms with E-state index in [4.69, 9.17) is 11.6 Å². The van der Waals surface area contributed by atoms with Crippen molar-refractivity contribution >= 4 is 41.8 Å². The van der Waals surface area contributed by atoms with E-state index in [9.17, 15) is 33.4 Å². The highest BCUT2D eigenvalue weighted by molar-refractivity contribution is 6.34. The van der Waals surface area contributed by atoms with Gasteiger partial charge in [0.05, 0.1) is 35.8 Å². The number of amides is 3. The van der Waals surface area contributed by atoms with Crippen LogP contribution in [0.1, 0.15) is 61.3 Å². The number of alkyl halides is 2. The molecular weight excluding hydrogens is 643 g/mol. The molecule has 2 heterocycles. The maximum Gasteiger partial charge on any atom is 0.434 e. The summed E-state index contributed by atoms with van der Waals surface area (Å²) in [6.07, 6.45) is 1.71. The zero-order chi connectivity index (χ0) is 34.8. The Balaban J connectivity index is 1.87. The number of aromatic nitrogens is 2. The van der Waals surface area contributed by atoms with Crippen molar-refractivity contribution < 1.29 is 37.8 Å². The molecule has 1 aliphatic heterocycles. The molecule has 2 atom stereocenters. The third-order valence-corrected chi connectivity index (χ3v) is 7.52. The summed E-state index contributed by atoms with van der Waals surface area (Å²) in [4.78, 5) is 49.2. The van der Waals surface area contributed by atoms with Gasteiger partial charge in [-0.3, -0.25) is 14.5 Å². The minimum Gasteiger partial charge on any atom is -0.463 e. The number of guanidine groups is 1. The Morgan fingerprint density at radius 1 is 1.17 bits per heavy atom. The molecule has 250 valence electrons. The number of carbonyl (C=O) groups excluding carboxylic acids is 2. The Morgan fingerprint density at radius 2 is 1.87 bits per heavy atom. The van der Waals surface area contributed by atoms with E-state index in [1.807, 2.05) is 0 Å². The molecule has 0 spiro atoms. The Hall–Kier alpha value is -4.76. The topological polar surface area (TPSA) is 153 Å². The number of carbonyl (C=O) groups is 3. The lowest BCUT2D eigenvalue weighted by atomic mass is 9.75. The Bertz CT molecular complexity index is 1750. The van der Waals surface area contributed by atoms with Crippen molar-refractivity contribution in [3.63, 3.8) is 0 Å². The number of aliphatic imine (C=N–C) groups is 2. The van der Waals surface area contributed by atoms with E-state index in [0.717, 1.165) is 23.4 Å². The Morgan fingerprint density at radius 3 is 2.43 bits per heavy atom. The lowest BCUT2D eigenvalue weighted by Gasteiger charge is -2.35. The first-order valence-corrected chi connectivity index (χ1v) is 14.6. The molecule has 4 rings (SSSR count). The molecule has 3 amide bonds. The summed E-state index contributed by atoms with van der Waals surface area (Å²) in [7, 11) is 3.32. The minimum atomic E-state index is -2.90. The highest BCUT2D eigenvalue weighted by Gasteiger charge is 2.56. The number of hydrogen-bond acceptors (Lipinski definition) is 5. The van der Waals surface area contributed by atoms with Crippen LogP contribution in [0.4, 0.5) is 18.0 Å². The smallest absolute Gasteiger partial charge is 0.434 e. The normalized spacial score (nSPS) is 18.3. The third kappa shape index (κ3) is 7.46. The van der Waals surface area contributed by atoms with Crippen LogP contribution in [0, 0.1) is 11.2 Å². The Labute approximate surface area is 273 Å². The van der Waals surface area contributed by atoms with Crippen LogP contribution in [-0.2, 0) is 10.3 Å². The van der Waals surface area contributed by atoms with Crippen molar-refractivity contribution in [2.75, 3.05) is 20.7 Å². The van der Waals surface area contributed by atoms with Crippen molar-refractivity contribution in [2.45, 2.75) is 45.3 Å². The summed E-state index contributed by atoms with van der Waals surface area (Å²) in [5.74, 6) is -2.93. The summed E-state index contributed by atoms with van der Waals surface area (Å²) < 4.78 is 42.7. The number of nitrogens with zero attached hydrogens (tertiary/aromatic N) is 6. The number of rotatable bonds is 9. The zero-order valence-electron chi connectivity index (χ0n) is 26.1. The van der Waals surface area contributed by atoms with E-state index < -0.39 is 59.8 Å². The number of benzene rings is 2. The molecule has 1 aromatic heterocycles. The molecule has 2 aromatic carbocycles. The fourth-order valence-electron chi connectivity index (χ4n) is 5.38. The van der Waals surface area contributed by atoms with E-state index in [2.05, 4.69) is 20.4 Å². The van der Waals surface area contributed by atoms with E-state index in [1.165, 1.54) is 41.6 Å². The molecule has 0 unspecified atom stereocenters. The molecule has 1 aliphatic rings. The first kappa shape index (κ1) is 35.1. The van der Waals surface area contributed by atoms with Crippen molar-refractivity contribution in [2.24, 2.45) is 15.4 Å². The van der Waals surface area contributed by atoms with Gasteiger partial charge in [0.15, 0.2) is 0 Å².